The molecule has 0 bridgehead atoms. The number of hydrogen-bond acceptors (Lipinski definition) is 5. The topological polar surface area (TPSA) is 68.7 Å². The normalized spacial score (nSPS) is 14.6. The molecule has 1 aliphatic rings. The first-order chi connectivity index (χ1) is 13.6. The minimum absolute atomic E-state index is 0.0787. The number of ether oxygens (including phenoxy) is 2. The van der Waals surface area contributed by atoms with Crippen LogP contribution in [0.4, 0.5) is 0 Å². The van der Waals surface area contributed by atoms with Crippen molar-refractivity contribution in [2.45, 2.75) is 25.7 Å². The number of rotatable bonds is 6. The number of nitrogens with zero attached hydrogens (tertiary/aromatic N) is 2. The minimum Gasteiger partial charge on any atom is -0.497 e. The summed E-state index contributed by atoms with van der Waals surface area (Å²) in [5.41, 5.74) is 2.02. The van der Waals surface area contributed by atoms with Crippen LogP contribution in [0.2, 0.25) is 0 Å². The Balaban J connectivity index is 1.47. The van der Waals surface area contributed by atoms with Crippen LogP contribution < -0.4 is 4.74 Å². The molecule has 2 heterocycles. The zero-order valence-electron chi connectivity index (χ0n) is 16.4. The molecule has 1 amide bonds. The lowest BCUT2D eigenvalue weighted by Gasteiger charge is -2.32. The number of aromatic nitrogens is 1. The van der Waals surface area contributed by atoms with Gasteiger partial charge in [0.05, 0.1) is 19.8 Å². The number of methoxy groups -OCH3 is 2. The molecule has 6 nitrogen and oxygen atoms in total. The molecule has 1 aromatic heterocycles. The summed E-state index contributed by atoms with van der Waals surface area (Å²) in [4.78, 5) is 30.1. The summed E-state index contributed by atoms with van der Waals surface area (Å²) in [6, 6.07) is 11.4. The molecule has 0 atom stereocenters. The minimum atomic E-state index is -0.454. The van der Waals surface area contributed by atoms with Crippen molar-refractivity contribution in [3.8, 4) is 5.75 Å². The second kappa shape index (κ2) is 9.35. The van der Waals surface area contributed by atoms with E-state index < -0.39 is 5.97 Å². The van der Waals surface area contributed by atoms with E-state index >= 15 is 0 Å². The zero-order chi connectivity index (χ0) is 19.9. The van der Waals surface area contributed by atoms with Crippen LogP contribution in [-0.2, 0) is 11.2 Å². The second-order valence-corrected chi connectivity index (χ2v) is 7.05. The number of pyridine rings is 1. The summed E-state index contributed by atoms with van der Waals surface area (Å²) >= 11 is 0. The van der Waals surface area contributed by atoms with Crippen molar-refractivity contribution in [3.05, 3.63) is 59.4 Å². The van der Waals surface area contributed by atoms with Crippen molar-refractivity contribution in [2.24, 2.45) is 5.92 Å². The summed E-state index contributed by atoms with van der Waals surface area (Å²) in [6.07, 6.45) is 5.56. The van der Waals surface area contributed by atoms with Gasteiger partial charge in [0.25, 0.3) is 5.91 Å². The molecule has 0 unspecified atom stereocenters. The molecular weight excluding hydrogens is 356 g/mol. The zero-order valence-corrected chi connectivity index (χ0v) is 16.4. The molecule has 6 heteroatoms. The van der Waals surface area contributed by atoms with E-state index in [1.54, 1.807) is 19.2 Å². The number of hydrogen-bond donors (Lipinski definition) is 0. The maximum Gasteiger partial charge on any atom is 0.339 e. The number of benzene rings is 1. The molecule has 3 rings (SSSR count). The molecule has 0 saturated carbocycles. The van der Waals surface area contributed by atoms with Gasteiger partial charge in [0.2, 0.25) is 0 Å². The van der Waals surface area contributed by atoms with Crippen LogP contribution in [0.3, 0.4) is 0 Å². The van der Waals surface area contributed by atoms with Gasteiger partial charge in [-0.1, -0.05) is 12.1 Å². The number of aryl methyl sites for hydroxylation is 1. The predicted molar refractivity (Wildman–Crippen MR) is 106 cm³/mol. The second-order valence-electron chi connectivity index (χ2n) is 7.05. The van der Waals surface area contributed by atoms with Gasteiger partial charge < -0.3 is 14.4 Å². The van der Waals surface area contributed by atoms with E-state index in [1.165, 1.54) is 18.9 Å². The number of esters is 1. The highest BCUT2D eigenvalue weighted by molar-refractivity contribution is 5.94. The van der Waals surface area contributed by atoms with Gasteiger partial charge in [0, 0.05) is 19.3 Å². The van der Waals surface area contributed by atoms with Crippen LogP contribution in [0.1, 0.15) is 45.7 Å². The lowest BCUT2D eigenvalue weighted by atomic mass is 9.90. The summed E-state index contributed by atoms with van der Waals surface area (Å²) in [5.74, 6) is 0.971. The molecule has 2 aromatic rings. The van der Waals surface area contributed by atoms with Crippen molar-refractivity contribution in [1.82, 2.24) is 9.88 Å². The van der Waals surface area contributed by atoms with Gasteiger partial charge in [-0.3, -0.25) is 9.78 Å². The van der Waals surface area contributed by atoms with E-state index in [-0.39, 0.29) is 5.91 Å². The van der Waals surface area contributed by atoms with Crippen LogP contribution in [0, 0.1) is 5.92 Å². The maximum atomic E-state index is 12.6. The van der Waals surface area contributed by atoms with Crippen molar-refractivity contribution < 1.29 is 19.1 Å². The lowest BCUT2D eigenvalue weighted by molar-refractivity contribution is 0.0597. The van der Waals surface area contributed by atoms with Crippen LogP contribution in [0.25, 0.3) is 0 Å². The Morgan fingerprint density at radius 3 is 2.36 bits per heavy atom. The SMILES string of the molecule is COC(=O)c1ccc(C(=O)N2CCC(CCc3ccc(OC)cc3)CC2)nc1. The summed E-state index contributed by atoms with van der Waals surface area (Å²) < 4.78 is 9.84. The average molecular weight is 382 g/mol. The Hall–Kier alpha value is -2.89. The van der Waals surface area contributed by atoms with Gasteiger partial charge >= 0.3 is 5.97 Å². The maximum absolute atomic E-state index is 12.6. The van der Waals surface area contributed by atoms with Crippen LogP contribution >= 0.6 is 0 Å². The van der Waals surface area contributed by atoms with Crippen molar-refractivity contribution in [3.63, 3.8) is 0 Å². The molecule has 1 aromatic carbocycles. The van der Waals surface area contributed by atoms with Crippen molar-refractivity contribution in [1.29, 1.82) is 0 Å². The monoisotopic (exact) mass is 382 g/mol. The third kappa shape index (κ3) is 4.88. The fourth-order valence-electron chi connectivity index (χ4n) is 3.51. The molecular formula is C22H26N2O4. The number of carbonyl (C=O) groups is 2. The van der Waals surface area contributed by atoms with Gasteiger partial charge in [-0.15, -0.1) is 0 Å². The Morgan fingerprint density at radius 2 is 1.79 bits per heavy atom. The quantitative estimate of drug-likeness (QED) is 0.717. The number of amides is 1. The van der Waals surface area contributed by atoms with Gasteiger partial charge in [-0.2, -0.15) is 0 Å². The molecule has 0 aliphatic carbocycles. The molecule has 1 aliphatic heterocycles. The number of likely N-dealkylation sites (tertiary alicyclic amines) is 1. The van der Waals surface area contributed by atoms with E-state index in [4.69, 9.17) is 4.74 Å². The summed E-state index contributed by atoms with van der Waals surface area (Å²) in [7, 11) is 2.99. The first-order valence-corrected chi connectivity index (χ1v) is 9.57. The highest BCUT2D eigenvalue weighted by atomic mass is 16.5. The Morgan fingerprint density at radius 1 is 1.07 bits per heavy atom. The summed E-state index contributed by atoms with van der Waals surface area (Å²) in [6.45, 7) is 1.49. The fraction of sp³-hybridized carbons (Fsp3) is 0.409. The van der Waals surface area contributed by atoms with Crippen LogP contribution in [-0.4, -0.2) is 49.1 Å². The third-order valence-corrected chi connectivity index (χ3v) is 5.31. The van der Waals surface area contributed by atoms with Gasteiger partial charge in [-0.05, 0) is 61.4 Å². The lowest BCUT2D eigenvalue weighted by Crippen LogP contribution is -2.39. The van der Waals surface area contributed by atoms with Gasteiger partial charge in [-0.25, -0.2) is 4.79 Å². The largest absolute Gasteiger partial charge is 0.497 e. The highest BCUT2D eigenvalue weighted by Gasteiger charge is 2.24. The molecule has 1 fully saturated rings. The van der Waals surface area contributed by atoms with E-state index in [0.717, 1.165) is 44.5 Å². The Kier molecular flexibility index (Phi) is 6.63. The standard InChI is InChI=1S/C22H26N2O4/c1-27-19-8-5-16(6-9-19)3-4-17-11-13-24(14-12-17)21(25)20-10-7-18(15-23-20)22(26)28-2/h5-10,15,17H,3-4,11-14H2,1-2H3. The highest BCUT2D eigenvalue weighted by Crippen LogP contribution is 2.24. The molecule has 148 valence electrons. The average Bonchev–Trinajstić information content (AvgIpc) is 2.77. The number of carbonyl (C=O) groups excluding carboxylic acids is 2. The summed E-state index contributed by atoms with van der Waals surface area (Å²) in [5, 5.41) is 0. The van der Waals surface area contributed by atoms with Gasteiger partial charge in [0.1, 0.15) is 11.4 Å². The van der Waals surface area contributed by atoms with E-state index in [1.807, 2.05) is 17.0 Å². The van der Waals surface area contributed by atoms with Crippen LogP contribution in [0.15, 0.2) is 42.6 Å². The van der Waals surface area contributed by atoms with Crippen LogP contribution in [0.5, 0.6) is 5.75 Å². The molecule has 0 spiro atoms. The first-order valence-electron chi connectivity index (χ1n) is 9.57. The predicted octanol–water partition coefficient (Wildman–Crippen LogP) is 3.36. The number of piperidine rings is 1. The molecule has 28 heavy (non-hydrogen) atoms. The van der Waals surface area contributed by atoms with Gasteiger partial charge in [0.15, 0.2) is 0 Å². The Labute approximate surface area is 165 Å². The smallest absolute Gasteiger partial charge is 0.339 e. The third-order valence-electron chi connectivity index (χ3n) is 5.31. The van der Waals surface area contributed by atoms with Crippen molar-refractivity contribution in [2.75, 3.05) is 27.3 Å². The van der Waals surface area contributed by atoms with E-state index in [2.05, 4.69) is 21.9 Å². The van der Waals surface area contributed by atoms with E-state index in [9.17, 15) is 9.59 Å². The first kappa shape index (κ1) is 19.9. The Bertz CT molecular complexity index is 794. The van der Waals surface area contributed by atoms with Crippen molar-refractivity contribution >= 4 is 11.9 Å². The fourth-order valence-corrected chi connectivity index (χ4v) is 3.51. The molecule has 0 N–H and O–H groups in total. The van der Waals surface area contributed by atoms with E-state index in [0.29, 0.717) is 17.2 Å². The molecule has 1 saturated heterocycles. The molecule has 0 radical (unpaired) electrons.